The van der Waals surface area contributed by atoms with Gasteiger partial charge >= 0.3 is 0 Å². The van der Waals surface area contributed by atoms with Crippen LogP contribution in [0.2, 0.25) is 0 Å². The van der Waals surface area contributed by atoms with Gasteiger partial charge in [-0.15, -0.1) is 0 Å². The lowest BCUT2D eigenvalue weighted by molar-refractivity contribution is 0.0569. The lowest BCUT2D eigenvalue weighted by Gasteiger charge is -2.39. The quantitative estimate of drug-likeness (QED) is 0.869. The SMILES string of the molecule is CCC1CN(C(=O)c2cnccn2)C(CC)CN1. The second-order valence-corrected chi connectivity index (χ2v) is 4.62. The number of hydrogen-bond donors (Lipinski definition) is 1. The molecule has 5 heteroatoms. The lowest BCUT2D eigenvalue weighted by atomic mass is 10.0. The molecule has 0 aliphatic carbocycles. The van der Waals surface area contributed by atoms with E-state index in [9.17, 15) is 4.79 Å². The highest BCUT2D eigenvalue weighted by Crippen LogP contribution is 2.14. The minimum absolute atomic E-state index is 0.00472. The van der Waals surface area contributed by atoms with E-state index < -0.39 is 0 Å². The summed E-state index contributed by atoms with van der Waals surface area (Å²) in [7, 11) is 0. The van der Waals surface area contributed by atoms with Gasteiger partial charge in [0.2, 0.25) is 0 Å². The van der Waals surface area contributed by atoms with E-state index >= 15 is 0 Å². The zero-order chi connectivity index (χ0) is 13.0. The first-order chi connectivity index (χ1) is 8.76. The van der Waals surface area contributed by atoms with E-state index in [0.29, 0.717) is 11.7 Å². The Hall–Kier alpha value is -1.49. The molecular formula is C13H20N4O. The Morgan fingerprint density at radius 3 is 2.89 bits per heavy atom. The fraction of sp³-hybridized carbons (Fsp3) is 0.615. The molecule has 0 radical (unpaired) electrons. The van der Waals surface area contributed by atoms with Crippen LogP contribution >= 0.6 is 0 Å². The maximum atomic E-state index is 12.4. The number of hydrogen-bond acceptors (Lipinski definition) is 4. The van der Waals surface area contributed by atoms with Gasteiger partial charge < -0.3 is 10.2 Å². The summed E-state index contributed by atoms with van der Waals surface area (Å²) in [5.41, 5.74) is 0.438. The molecule has 2 rings (SSSR count). The summed E-state index contributed by atoms with van der Waals surface area (Å²) in [4.78, 5) is 22.4. The molecule has 1 aromatic heterocycles. The fourth-order valence-corrected chi connectivity index (χ4v) is 2.31. The normalized spacial score (nSPS) is 24.0. The molecule has 0 spiro atoms. The summed E-state index contributed by atoms with van der Waals surface area (Å²) in [6, 6.07) is 0.635. The third-order valence-corrected chi connectivity index (χ3v) is 3.51. The number of carbonyl (C=O) groups is 1. The predicted molar refractivity (Wildman–Crippen MR) is 69.2 cm³/mol. The lowest BCUT2D eigenvalue weighted by Crippen LogP contribution is -2.58. The van der Waals surface area contributed by atoms with E-state index in [4.69, 9.17) is 0 Å². The molecule has 98 valence electrons. The van der Waals surface area contributed by atoms with Crippen LogP contribution < -0.4 is 5.32 Å². The van der Waals surface area contributed by atoms with Gasteiger partial charge in [-0.2, -0.15) is 0 Å². The molecule has 2 atom stereocenters. The Kier molecular flexibility index (Phi) is 4.25. The molecule has 1 aromatic rings. The Balaban J connectivity index is 2.15. The van der Waals surface area contributed by atoms with Gasteiger partial charge in [0.1, 0.15) is 5.69 Å². The van der Waals surface area contributed by atoms with Gasteiger partial charge in [-0.1, -0.05) is 13.8 Å². The van der Waals surface area contributed by atoms with Crippen LogP contribution in [0.4, 0.5) is 0 Å². The van der Waals surface area contributed by atoms with Crippen LogP contribution in [-0.2, 0) is 0 Å². The molecule has 1 amide bonds. The topological polar surface area (TPSA) is 58.1 Å². The molecule has 5 nitrogen and oxygen atoms in total. The standard InChI is InChI=1S/C13H20N4O/c1-3-10-9-17(11(4-2)7-16-10)13(18)12-8-14-5-6-15-12/h5-6,8,10-11,16H,3-4,7,9H2,1-2H3. The van der Waals surface area contributed by atoms with Crippen molar-refractivity contribution in [3.63, 3.8) is 0 Å². The summed E-state index contributed by atoms with van der Waals surface area (Å²) in [5.74, 6) is -0.00472. The maximum Gasteiger partial charge on any atom is 0.274 e. The van der Waals surface area contributed by atoms with Gasteiger partial charge in [0, 0.05) is 37.6 Å². The van der Waals surface area contributed by atoms with Crippen LogP contribution in [-0.4, -0.2) is 45.9 Å². The van der Waals surface area contributed by atoms with Crippen molar-refractivity contribution >= 4 is 5.91 Å². The summed E-state index contributed by atoms with van der Waals surface area (Å²) >= 11 is 0. The van der Waals surface area contributed by atoms with Crippen molar-refractivity contribution in [2.45, 2.75) is 38.8 Å². The van der Waals surface area contributed by atoms with E-state index in [2.05, 4.69) is 29.1 Å². The monoisotopic (exact) mass is 248 g/mol. The highest BCUT2D eigenvalue weighted by atomic mass is 16.2. The van der Waals surface area contributed by atoms with Crippen molar-refractivity contribution in [1.82, 2.24) is 20.2 Å². The molecular weight excluding hydrogens is 228 g/mol. The van der Waals surface area contributed by atoms with Crippen molar-refractivity contribution < 1.29 is 4.79 Å². The molecule has 0 bridgehead atoms. The number of nitrogens with one attached hydrogen (secondary N) is 1. The first-order valence-electron chi connectivity index (χ1n) is 6.56. The van der Waals surface area contributed by atoms with Crippen molar-refractivity contribution in [1.29, 1.82) is 0 Å². The minimum atomic E-state index is -0.00472. The molecule has 1 aliphatic rings. The third-order valence-electron chi connectivity index (χ3n) is 3.51. The smallest absolute Gasteiger partial charge is 0.274 e. The molecule has 1 N–H and O–H groups in total. The fourth-order valence-electron chi connectivity index (χ4n) is 2.31. The maximum absolute atomic E-state index is 12.4. The second-order valence-electron chi connectivity index (χ2n) is 4.62. The van der Waals surface area contributed by atoms with E-state index in [-0.39, 0.29) is 11.9 Å². The van der Waals surface area contributed by atoms with Gasteiger partial charge in [-0.05, 0) is 12.8 Å². The van der Waals surface area contributed by atoms with Gasteiger partial charge in [0.25, 0.3) is 5.91 Å². The van der Waals surface area contributed by atoms with Gasteiger partial charge in [-0.25, -0.2) is 4.98 Å². The Morgan fingerprint density at radius 2 is 2.28 bits per heavy atom. The molecule has 0 saturated carbocycles. The molecule has 1 saturated heterocycles. The predicted octanol–water partition coefficient (Wildman–Crippen LogP) is 1.08. The van der Waals surface area contributed by atoms with Crippen LogP contribution in [0.1, 0.15) is 37.2 Å². The number of amides is 1. The number of aromatic nitrogens is 2. The molecule has 18 heavy (non-hydrogen) atoms. The van der Waals surface area contributed by atoms with Crippen molar-refractivity contribution in [2.24, 2.45) is 0 Å². The largest absolute Gasteiger partial charge is 0.331 e. The summed E-state index contributed by atoms with van der Waals surface area (Å²) in [6.07, 6.45) is 6.67. The zero-order valence-corrected chi connectivity index (χ0v) is 11.0. The zero-order valence-electron chi connectivity index (χ0n) is 11.0. The minimum Gasteiger partial charge on any atom is -0.331 e. The second kappa shape index (κ2) is 5.91. The van der Waals surface area contributed by atoms with Gasteiger partial charge in [0.15, 0.2) is 0 Å². The van der Waals surface area contributed by atoms with Crippen LogP contribution in [0.25, 0.3) is 0 Å². The summed E-state index contributed by atoms with van der Waals surface area (Å²) < 4.78 is 0. The first-order valence-corrected chi connectivity index (χ1v) is 6.56. The third kappa shape index (κ3) is 2.67. The number of piperazine rings is 1. The van der Waals surface area contributed by atoms with Crippen molar-refractivity contribution in [2.75, 3.05) is 13.1 Å². The van der Waals surface area contributed by atoms with Crippen molar-refractivity contribution in [3.8, 4) is 0 Å². The Bertz CT molecular complexity index is 395. The summed E-state index contributed by atoms with van der Waals surface area (Å²) in [5, 5.41) is 3.48. The van der Waals surface area contributed by atoms with E-state index in [1.54, 1.807) is 12.4 Å². The molecule has 1 aliphatic heterocycles. The molecule has 0 aromatic carbocycles. The van der Waals surface area contributed by atoms with E-state index in [0.717, 1.165) is 25.9 Å². The van der Waals surface area contributed by atoms with Crippen LogP contribution in [0, 0.1) is 0 Å². The average Bonchev–Trinajstić information content (AvgIpc) is 2.46. The molecule has 2 unspecified atom stereocenters. The average molecular weight is 248 g/mol. The molecule has 1 fully saturated rings. The number of rotatable bonds is 3. The Labute approximate surface area is 108 Å². The van der Waals surface area contributed by atoms with Crippen LogP contribution in [0.5, 0.6) is 0 Å². The van der Waals surface area contributed by atoms with E-state index in [1.807, 2.05) is 4.90 Å². The highest BCUT2D eigenvalue weighted by molar-refractivity contribution is 5.92. The molecule has 2 heterocycles. The number of carbonyl (C=O) groups excluding carboxylic acids is 1. The van der Waals surface area contributed by atoms with Gasteiger partial charge in [-0.3, -0.25) is 9.78 Å². The van der Waals surface area contributed by atoms with Crippen LogP contribution in [0.15, 0.2) is 18.6 Å². The van der Waals surface area contributed by atoms with E-state index in [1.165, 1.54) is 6.20 Å². The van der Waals surface area contributed by atoms with Crippen LogP contribution in [0.3, 0.4) is 0 Å². The summed E-state index contributed by atoms with van der Waals surface area (Å²) in [6.45, 7) is 5.86. The number of nitrogens with zero attached hydrogens (tertiary/aromatic N) is 3. The highest BCUT2D eigenvalue weighted by Gasteiger charge is 2.30. The Morgan fingerprint density at radius 1 is 1.44 bits per heavy atom. The first kappa shape index (κ1) is 13.0. The van der Waals surface area contributed by atoms with Crippen molar-refractivity contribution in [3.05, 3.63) is 24.3 Å². The van der Waals surface area contributed by atoms with Gasteiger partial charge in [0.05, 0.1) is 6.20 Å².